The molecule has 4 heteroatoms. The Morgan fingerprint density at radius 1 is 1.13 bits per heavy atom. The second kappa shape index (κ2) is 7.82. The molecule has 2 N–H and O–H groups in total. The third-order valence-corrected chi connectivity index (χ3v) is 5.43. The van der Waals surface area contributed by atoms with E-state index in [2.05, 4.69) is 0 Å². The van der Waals surface area contributed by atoms with Crippen LogP contribution in [0.5, 0.6) is 0 Å². The lowest BCUT2D eigenvalue weighted by atomic mass is 9.74. The highest BCUT2D eigenvalue weighted by atomic mass is 16.6. The second-order valence-corrected chi connectivity index (χ2v) is 7.00. The summed E-state index contributed by atoms with van der Waals surface area (Å²) in [5, 5.41) is 0. The Morgan fingerprint density at radius 3 is 2.61 bits per heavy atom. The number of hydrogen-bond acceptors (Lipinski definition) is 3. The van der Waals surface area contributed by atoms with Crippen molar-refractivity contribution in [2.75, 3.05) is 13.1 Å². The largest absolute Gasteiger partial charge is 0.445 e. The first-order chi connectivity index (χ1) is 11.2. The molecular formula is C19H28N2O2. The molecule has 0 unspecified atom stereocenters. The lowest BCUT2D eigenvalue weighted by molar-refractivity contribution is 0.0580. The van der Waals surface area contributed by atoms with E-state index in [1.54, 1.807) is 0 Å². The van der Waals surface area contributed by atoms with Gasteiger partial charge in [0.1, 0.15) is 6.61 Å². The fourth-order valence-corrected chi connectivity index (χ4v) is 4.04. The Hall–Kier alpha value is -1.55. The predicted octanol–water partition coefficient (Wildman–Crippen LogP) is 3.55. The van der Waals surface area contributed by atoms with Crippen molar-refractivity contribution in [3.63, 3.8) is 0 Å². The maximum atomic E-state index is 12.4. The molecule has 2 fully saturated rings. The first-order valence-corrected chi connectivity index (χ1v) is 8.95. The van der Waals surface area contributed by atoms with E-state index in [1.165, 1.54) is 32.1 Å². The standard InChI is InChI=1S/C19H28N2O2/c20-18-11-12-21(13-17(18)16-9-5-2-6-10-16)19(22)23-14-15-7-3-1-4-8-15/h1,3-4,7-8,16-18H,2,5-6,9-14,20H2/t17-,18+/m1/s1. The van der Waals surface area contributed by atoms with Gasteiger partial charge in [-0.05, 0) is 23.8 Å². The number of benzene rings is 1. The Morgan fingerprint density at radius 2 is 1.87 bits per heavy atom. The SMILES string of the molecule is N[C@H]1CCN(C(=O)OCc2ccccc2)C[C@@H]1C1CCCCC1. The van der Waals surface area contributed by atoms with Gasteiger partial charge in [-0.1, -0.05) is 62.4 Å². The first-order valence-electron chi connectivity index (χ1n) is 8.95. The van der Waals surface area contributed by atoms with E-state index in [4.69, 9.17) is 10.5 Å². The molecule has 1 saturated carbocycles. The van der Waals surface area contributed by atoms with Crippen LogP contribution in [0.15, 0.2) is 30.3 Å². The van der Waals surface area contributed by atoms with Gasteiger partial charge in [-0.15, -0.1) is 0 Å². The van der Waals surface area contributed by atoms with Gasteiger partial charge < -0.3 is 15.4 Å². The van der Waals surface area contributed by atoms with Crippen LogP contribution < -0.4 is 5.73 Å². The first kappa shape index (κ1) is 16.3. The van der Waals surface area contributed by atoms with E-state index in [1.807, 2.05) is 35.2 Å². The molecule has 2 atom stereocenters. The molecule has 1 heterocycles. The van der Waals surface area contributed by atoms with Gasteiger partial charge >= 0.3 is 6.09 Å². The van der Waals surface area contributed by atoms with Crippen LogP contribution in [0.25, 0.3) is 0 Å². The van der Waals surface area contributed by atoms with Crippen molar-refractivity contribution in [1.29, 1.82) is 0 Å². The highest BCUT2D eigenvalue weighted by molar-refractivity contribution is 5.67. The highest BCUT2D eigenvalue weighted by Gasteiger charge is 2.35. The number of likely N-dealkylation sites (tertiary alicyclic amines) is 1. The van der Waals surface area contributed by atoms with Gasteiger partial charge in [-0.3, -0.25) is 0 Å². The number of nitrogens with zero attached hydrogens (tertiary/aromatic N) is 1. The van der Waals surface area contributed by atoms with Crippen LogP contribution in [0.1, 0.15) is 44.1 Å². The van der Waals surface area contributed by atoms with Crippen molar-refractivity contribution in [1.82, 2.24) is 4.90 Å². The van der Waals surface area contributed by atoms with Gasteiger partial charge in [0.15, 0.2) is 0 Å². The minimum absolute atomic E-state index is 0.193. The molecule has 0 spiro atoms. The van der Waals surface area contributed by atoms with Gasteiger partial charge in [0.25, 0.3) is 0 Å². The minimum Gasteiger partial charge on any atom is -0.445 e. The molecule has 4 nitrogen and oxygen atoms in total. The molecule has 0 aromatic heterocycles. The summed E-state index contributed by atoms with van der Waals surface area (Å²) in [5.74, 6) is 1.12. The lowest BCUT2D eigenvalue weighted by Crippen LogP contribution is -2.52. The third kappa shape index (κ3) is 4.25. The van der Waals surface area contributed by atoms with Crippen molar-refractivity contribution < 1.29 is 9.53 Å². The van der Waals surface area contributed by atoms with E-state index < -0.39 is 0 Å². The maximum absolute atomic E-state index is 12.4. The smallest absolute Gasteiger partial charge is 0.410 e. The summed E-state index contributed by atoms with van der Waals surface area (Å²) in [6.45, 7) is 1.83. The summed E-state index contributed by atoms with van der Waals surface area (Å²) < 4.78 is 5.48. The summed E-state index contributed by atoms with van der Waals surface area (Å²) in [6.07, 6.45) is 7.21. The summed E-state index contributed by atoms with van der Waals surface area (Å²) in [5.41, 5.74) is 7.38. The molecule has 1 saturated heterocycles. The summed E-state index contributed by atoms with van der Waals surface area (Å²) in [7, 11) is 0. The number of nitrogens with two attached hydrogens (primary N) is 1. The Labute approximate surface area is 139 Å². The Bertz CT molecular complexity index is 499. The van der Waals surface area contributed by atoms with E-state index in [-0.39, 0.29) is 12.1 Å². The average Bonchev–Trinajstić information content (AvgIpc) is 2.62. The molecule has 1 amide bonds. The van der Waals surface area contributed by atoms with E-state index in [9.17, 15) is 4.79 Å². The van der Waals surface area contributed by atoms with Gasteiger partial charge in [0.05, 0.1) is 0 Å². The molecule has 0 bridgehead atoms. The Balaban J connectivity index is 1.53. The van der Waals surface area contributed by atoms with E-state index in [0.717, 1.165) is 25.1 Å². The molecule has 1 aliphatic carbocycles. The van der Waals surface area contributed by atoms with E-state index >= 15 is 0 Å². The van der Waals surface area contributed by atoms with Crippen molar-refractivity contribution >= 4 is 6.09 Å². The molecule has 0 radical (unpaired) electrons. The molecular weight excluding hydrogens is 288 g/mol. The maximum Gasteiger partial charge on any atom is 0.410 e. The topological polar surface area (TPSA) is 55.6 Å². The number of piperidine rings is 1. The zero-order valence-electron chi connectivity index (χ0n) is 13.8. The number of carbonyl (C=O) groups excluding carboxylic acids is 1. The van der Waals surface area contributed by atoms with Crippen molar-refractivity contribution in [3.8, 4) is 0 Å². The van der Waals surface area contributed by atoms with Crippen LogP contribution in [0.2, 0.25) is 0 Å². The molecule has 126 valence electrons. The second-order valence-electron chi connectivity index (χ2n) is 7.00. The van der Waals surface area contributed by atoms with Crippen LogP contribution in [0.3, 0.4) is 0 Å². The normalized spacial score (nSPS) is 26.0. The quantitative estimate of drug-likeness (QED) is 0.927. The number of carbonyl (C=O) groups is 1. The number of ether oxygens (including phenoxy) is 1. The van der Waals surface area contributed by atoms with Crippen molar-refractivity contribution in [2.24, 2.45) is 17.6 Å². The van der Waals surface area contributed by atoms with Gasteiger partial charge in [0, 0.05) is 19.1 Å². The predicted molar refractivity (Wildman–Crippen MR) is 90.9 cm³/mol. The van der Waals surface area contributed by atoms with Gasteiger partial charge in [-0.2, -0.15) is 0 Å². The monoisotopic (exact) mass is 316 g/mol. The molecule has 3 rings (SSSR count). The third-order valence-electron chi connectivity index (χ3n) is 5.43. The van der Waals surface area contributed by atoms with Crippen LogP contribution >= 0.6 is 0 Å². The summed E-state index contributed by atoms with van der Waals surface area (Å²) in [6, 6.07) is 10.1. The molecule has 2 aliphatic rings. The van der Waals surface area contributed by atoms with Crippen molar-refractivity contribution in [3.05, 3.63) is 35.9 Å². The zero-order valence-corrected chi connectivity index (χ0v) is 13.8. The minimum atomic E-state index is -0.193. The molecule has 1 aromatic rings. The lowest BCUT2D eigenvalue weighted by Gasteiger charge is -2.41. The fourth-order valence-electron chi connectivity index (χ4n) is 4.04. The summed E-state index contributed by atoms with van der Waals surface area (Å²) in [4.78, 5) is 14.2. The van der Waals surface area contributed by atoms with E-state index in [0.29, 0.717) is 18.4 Å². The molecule has 1 aliphatic heterocycles. The Kier molecular flexibility index (Phi) is 5.55. The highest BCUT2D eigenvalue weighted by Crippen LogP contribution is 2.34. The number of rotatable bonds is 3. The number of hydrogen-bond donors (Lipinski definition) is 1. The fraction of sp³-hybridized carbons (Fsp3) is 0.632. The summed E-state index contributed by atoms with van der Waals surface area (Å²) >= 11 is 0. The van der Waals surface area contributed by atoms with Crippen LogP contribution in [0.4, 0.5) is 4.79 Å². The van der Waals surface area contributed by atoms with Crippen molar-refractivity contribution in [2.45, 2.75) is 51.2 Å². The zero-order chi connectivity index (χ0) is 16.1. The van der Waals surface area contributed by atoms with Crippen LogP contribution in [-0.4, -0.2) is 30.1 Å². The van der Waals surface area contributed by atoms with Gasteiger partial charge in [-0.25, -0.2) is 4.79 Å². The average molecular weight is 316 g/mol. The number of amides is 1. The van der Waals surface area contributed by atoms with Crippen LogP contribution in [-0.2, 0) is 11.3 Å². The van der Waals surface area contributed by atoms with Gasteiger partial charge in [0.2, 0.25) is 0 Å². The molecule has 1 aromatic carbocycles. The molecule has 23 heavy (non-hydrogen) atoms. The van der Waals surface area contributed by atoms with Crippen LogP contribution in [0, 0.1) is 11.8 Å².